The van der Waals surface area contributed by atoms with Crippen molar-refractivity contribution >= 4 is 17.6 Å². The molecule has 124 valence electrons. The molecule has 0 atom stereocenters. The number of aromatic carboxylic acids is 1. The van der Waals surface area contributed by atoms with Gasteiger partial charge in [-0.25, -0.2) is 9.18 Å². The van der Waals surface area contributed by atoms with E-state index in [0.29, 0.717) is 0 Å². The zero-order valence-electron chi connectivity index (χ0n) is 13.1. The Morgan fingerprint density at radius 3 is 2.16 bits per heavy atom. The summed E-state index contributed by atoms with van der Waals surface area (Å²) < 4.78 is 13.0. The van der Waals surface area contributed by atoms with Gasteiger partial charge in [0.15, 0.2) is 0 Å². The Morgan fingerprint density at radius 2 is 1.52 bits per heavy atom. The fourth-order valence-corrected chi connectivity index (χ4v) is 2.44. The van der Waals surface area contributed by atoms with Crippen LogP contribution in [0.1, 0.15) is 20.7 Å². The van der Waals surface area contributed by atoms with E-state index in [1.807, 2.05) is 30.3 Å². The maximum absolute atomic E-state index is 13.0. The molecule has 2 N–H and O–H groups in total. The van der Waals surface area contributed by atoms with E-state index < -0.39 is 17.7 Å². The molecule has 1 amide bonds. The van der Waals surface area contributed by atoms with Crippen LogP contribution in [0, 0.1) is 5.82 Å². The van der Waals surface area contributed by atoms with Crippen LogP contribution in [0.4, 0.5) is 10.1 Å². The number of anilines is 1. The SMILES string of the molecule is O=C(Nc1cc(-c2ccccc2)ccc1C(=O)O)c1ccc(F)cc1. The molecule has 0 spiro atoms. The lowest BCUT2D eigenvalue weighted by Crippen LogP contribution is -2.15. The minimum atomic E-state index is -1.14. The molecule has 0 aliphatic rings. The van der Waals surface area contributed by atoms with Crippen LogP contribution in [0.2, 0.25) is 0 Å². The topological polar surface area (TPSA) is 66.4 Å². The number of carbonyl (C=O) groups is 2. The largest absolute Gasteiger partial charge is 0.478 e. The van der Waals surface area contributed by atoms with Crippen molar-refractivity contribution in [2.45, 2.75) is 0 Å². The highest BCUT2D eigenvalue weighted by Crippen LogP contribution is 2.26. The van der Waals surface area contributed by atoms with Crippen LogP contribution in [0.5, 0.6) is 0 Å². The van der Waals surface area contributed by atoms with E-state index in [2.05, 4.69) is 5.32 Å². The van der Waals surface area contributed by atoms with E-state index in [1.165, 1.54) is 30.3 Å². The van der Waals surface area contributed by atoms with Gasteiger partial charge in [0.1, 0.15) is 5.82 Å². The van der Waals surface area contributed by atoms with Crippen LogP contribution in [-0.4, -0.2) is 17.0 Å². The lowest BCUT2D eigenvalue weighted by atomic mass is 10.0. The summed E-state index contributed by atoms with van der Waals surface area (Å²) in [6, 6.07) is 19.2. The molecule has 0 bridgehead atoms. The molecule has 25 heavy (non-hydrogen) atoms. The fourth-order valence-electron chi connectivity index (χ4n) is 2.44. The Kier molecular flexibility index (Phi) is 4.57. The molecule has 0 aliphatic carbocycles. The van der Waals surface area contributed by atoms with Gasteiger partial charge >= 0.3 is 5.97 Å². The average molecular weight is 335 g/mol. The van der Waals surface area contributed by atoms with E-state index in [4.69, 9.17) is 0 Å². The Balaban J connectivity index is 1.96. The molecule has 4 nitrogen and oxygen atoms in total. The molecule has 0 saturated carbocycles. The zero-order chi connectivity index (χ0) is 17.8. The van der Waals surface area contributed by atoms with Gasteiger partial charge < -0.3 is 10.4 Å². The summed E-state index contributed by atoms with van der Waals surface area (Å²) in [5.41, 5.74) is 2.08. The minimum absolute atomic E-state index is 0.0184. The maximum atomic E-state index is 13.0. The van der Waals surface area contributed by atoms with Crippen LogP contribution in [0.3, 0.4) is 0 Å². The molecular weight excluding hydrogens is 321 g/mol. The molecule has 0 aromatic heterocycles. The molecule has 0 fully saturated rings. The Labute approximate surface area is 143 Å². The zero-order valence-corrected chi connectivity index (χ0v) is 13.1. The van der Waals surface area contributed by atoms with Crippen LogP contribution in [0.25, 0.3) is 11.1 Å². The molecule has 3 aromatic carbocycles. The van der Waals surface area contributed by atoms with Gasteiger partial charge in [0, 0.05) is 5.56 Å². The lowest BCUT2D eigenvalue weighted by Gasteiger charge is -2.11. The molecule has 0 radical (unpaired) electrons. The monoisotopic (exact) mass is 335 g/mol. The van der Waals surface area contributed by atoms with E-state index in [1.54, 1.807) is 12.1 Å². The first kappa shape index (κ1) is 16.4. The first-order valence-corrected chi connectivity index (χ1v) is 7.54. The minimum Gasteiger partial charge on any atom is -0.478 e. The predicted molar refractivity (Wildman–Crippen MR) is 93.2 cm³/mol. The van der Waals surface area contributed by atoms with Crippen molar-refractivity contribution in [3.63, 3.8) is 0 Å². The predicted octanol–water partition coefficient (Wildman–Crippen LogP) is 4.44. The van der Waals surface area contributed by atoms with Crippen LogP contribution < -0.4 is 5.32 Å². The van der Waals surface area contributed by atoms with E-state index in [-0.39, 0.29) is 16.8 Å². The Bertz CT molecular complexity index is 921. The quantitative estimate of drug-likeness (QED) is 0.740. The fraction of sp³-hybridized carbons (Fsp3) is 0. The highest BCUT2D eigenvalue weighted by molar-refractivity contribution is 6.08. The number of halogens is 1. The highest BCUT2D eigenvalue weighted by Gasteiger charge is 2.15. The maximum Gasteiger partial charge on any atom is 0.337 e. The summed E-state index contributed by atoms with van der Waals surface area (Å²) in [6.45, 7) is 0. The number of amides is 1. The van der Waals surface area contributed by atoms with Crippen molar-refractivity contribution in [1.29, 1.82) is 0 Å². The second kappa shape index (κ2) is 6.97. The second-order valence-electron chi connectivity index (χ2n) is 5.39. The first-order valence-electron chi connectivity index (χ1n) is 7.54. The van der Waals surface area contributed by atoms with Crippen molar-refractivity contribution in [1.82, 2.24) is 0 Å². The van der Waals surface area contributed by atoms with Crippen molar-refractivity contribution in [3.05, 3.63) is 89.7 Å². The second-order valence-corrected chi connectivity index (χ2v) is 5.39. The van der Waals surface area contributed by atoms with Crippen molar-refractivity contribution in [2.24, 2.45) is 0 Å². The average Bonchev–Trinajstić information content (AvgIpc) is 2.62. The molecule has 0 saturated heterocycles. The standard InChI is InChI=1S/C20H14FNO3/c21-16-9-6-14(7-10-16)19(23)22-18-12-15(8-11-17(18)20(24)25)13-4-2-1-3-5-13/h1-12H,(H,22,23)(H,24,25). The normalized spacial score (nSPS) is 10.3. The molecule has 0 aliphatic heterocycles. The summed E-state index contributed by atoms with van der Waals surface area (Å²) in [5.74, 6) is -2.10. The lowest BCUT2D eigenvalue weighted by molar-refractivity contribution is 0.0698. The van der Waals surface area contributed by atoms with Gasteiger partial charge in [0.2, 0.25) is 0 Å². The Hall–Kier alpha value is -3.47. The van der Waals surface area contributed by atoms with Crippen molar-refractivity contribution in [2.75, 3.05) is 5.32 Å². The number of hydrogen-bond acceptors (Lipinski definition) is 2. The van der Waals surface area contributed by atoms with E-state index in [0.717, 1.165) is 11.1 Å². The highest BCUT2D eigenvalue weighted by atomic mass is 19.1. The van der Waals surface area contributed by atoms with Crippen molar-refractivity contribution in [3.8, 4) is 11.1 Å². The summed E-state index contributed by atoms with van der Waals surface area (Å²) in [5, 5.41) is 11.9. The van der Waals surface area contributed by atoms with Gasteiger partial charge in [-0.05, 0) is 47.5 Å². The van der Waals surface area contributed by atoms with Crippen LogP contribution >= 0.6 is 0 Å². The van der Waals surface area contributed by atoms with Gasteiger partial charge in [-0.15, -0.1) is 0 Å². The van der Waals surface area contributed by atoms with Gasteiger partial charge in [-0.1, -0.05) is 36.4 Å². The molecule has 3 rings (SSSR count). The van der Waals surface area contributed by atoms with E-state index in [9.17, 15) is 19.1 Å². The first-order chi connectivity index (χ1) is 12.0. The third-order valence-corrected chi connectivity index (χ3v) is 3.71. The molecule has 0 heterocycles. The third-order valence-electron chi connectivity index (χ3n) is 3.71. The summed E-state index contributed by atoms with van der Waals surface area (Å²) in [7, 11) is 0. The number of nitrogens with one attached hydrogen (secondary N) is 1. The number of carbonyl (C=O) groups excluding carboxylic acids is 1. The number of benzene rings is 3. The molecular formula is C20H14FNO3. The smallest absolute Gasteiger partial charge is 0.337 e. The number of hydrogen-bond donors (Lipinski definition) is 2. The van der Waals surface area contributed by atoms with Crippen molar-refractivity contribution < 1.29 is 19.1 Å². The van der Waals surface area contributed by atoms with Gasteiger partial charge in [-0.3, -0.25) is 4.79 Å². The van der Waals surface area contributed by atoms with Gasteiger partial charge in [0.05, 0.1) is 11.3 Å². The molecule has 3 aromatic rings. The van der Waals surface area contributed by atoms with Crippen LogP contribution in [-0.2, 0) is 0 Å². The molecule has 5 heteroatoms. The summed E-state index contributed by atoms with van der Waals surface area (Å²) >= 11 is 0. The number of rotatable bonds is 4. The van der Waals surface area contributed by atoms with Crippen LogP contribution in [0.15, 0.2) is 72.8 Å². The summed E-state index contributed by atoms with van der Waals surface area (Å²) in [4.78, 5) is 23.8. The Morgan fingerprint density at radius 1 is 0.840 bits per heavy atom. The van der Waals surface area contributed by atoms with Gasteiger partial charge in [0.25, 0.3) is 5.91 Å². The number of carboxylic acid groups (broad SMARTS) is 1. The van der Waals surface area contributed by atoms with Gasteiger partial charge in [-0.2, -0.15) is 0 Å². The number of carboxylic acids is 1. The van der Waals surface area contributed by atoms with E-state index >= 15 is 0 Å². The molecule has 0 unspecified atom stereocenters. The third kappa shape index (κ3) is 3.72. The summed E-state index contributed by atoms with van der Waals surface area (Å²) in [6.07, 6.45) is 0.